The maximum Gasteiger partial charge on any atom is 0.147 e. The second-order valence-corrected chi connectivity index (χ2v) is 4.61. The molecule has 0 amide bonds. The summed E-state index contributed by atoms with van der Waals surface area (Å²) in [5.74, 6) is 0.167. The van der Waals surface area contributed by atoms with Crippen molar-refractivity contribution in [3.05, 3.63) is 32.4 Å². The van der Waals surface area contributed by atoms with Crippen LogP contribution < -0.4 is 0 Å². The number of halogens is 3. The van der Waals surface area contributed by atoms with Crippen LogP contribution in [0.15, 0.2) is 18.2 Å². The maximum absolute atomic E-state index is 11.2. The van der Waals surface area contributed by atoms with Gasteiger partial charge in [-0.3, -0.25) is 4.79 Å². The third-order valence-electron chi connectivity index (χ3n) is 1.57. The average Bonchev–Trinajstić information content (AvgIpc) is 2.13. The fraction of sp³-hybridized carbons (Fsp3) is 0.222. The Balaban J connectivity index is 2.89. The summed E-state index contributed by atoms with van der Waals surface area (Å²) in [5.41, 5.74) is 0.998. The molecule has 0 saturated heterocycles. The normalized spacial score (nSPS) is 10.1. The average molecular weight is 373 g/mol. The van der Waals surface area contributed by atoms with Gasteiger partial charge >= 0.3 is 0 Å². The standard InChI is InChI=1S/C9H7BrClIO/c10-5-7(13)4-6-2-1-3-8(11)9(6)12/h1-3H,4-5H2. The molecule has 0 spiro atoms. The van der Waals surface area contributed by atoms with E-state index in [1.807, 2.05) is 18.2 Å². The van der Waals surface area contributed by atoms with E-state index in [-0.39, 0.29) is 5.78 Å². The molecule has 0 bridgehead atoms. The molecule has 4 heteroatoms. The minimum atomic E-state index is 0.167. The summed E-state index contributed by atoms with van der Waals surface area (Å²) in [6, 6.07) is 5.61. The summed E-state index contributed by atoms with van der Waals surface area (Å²) >= 11 is 11.2. The van der Waals surface area contributed by atoms with Gasteiger partial charge in [-0.1, -0.05) is 39.7 Å². The Labute approximate surface area is 104 Å². The van der Waals surface area contributed by atoms with E-state index < -0.39 is 0 Å². The molecule has 0 aromatic heterocycles. The Morgan fingerprint density at radius 2 is 2.23 bits per heavy atom. The predicted octanol–water partition coefficient (Wildman–Crippen LogP) is 3.45. The summed E-state index contributed by atoms with van der Waals surface area (Å²) in [6.07, 6.45) is 0.448. The van der Waals surface area contributed by atoms with E-state index in [4.69, 9.17) is 11.6 Å². The Hall–Kier alpha value is 0.390. The number of benzene rings is 1. The molecule has 0 atom stereocenters. The van der Waals surface area contributed by atoms with Crippen LogP contribution in [0.1, 0.15) is 5.56 Å². The smallest absolute Gasteiger partial charge is 0.147 e. The Bertz CT molecular complexity index is 327. The second-order valence-electron chi connectivity index (χ2n) is 2.56. The van der Waals surface area contributed by atoms with E-state index in [9.17, 15) is 4.79 Å². The summed E-state index contributed by atoms with van der Waals surface area (Å²) in [5, 5.41) is 1.11. The highest BCUT2D eigenvalue weighted by molar-refractivity contribution is 14.1. The molecular weight excluding hydrogens is 366 g/mol. The highest BCUT2D eigenvalue weighted by Gasteiger charge is 2.07. The number of rotatable bonds is 3. The largest absolute Gasteiger partial charge is 0.298 e. The number of hydrogen-bond donors (Lipinski definition) is 0. The van der Waals surface area contributed by atoms with Crippen LogP contribution in [0.3, 0.4) is 0 Å². The topological polar surface area (TPSA) is 17.1 Å². The van der Waals surface area contributed by atoms with Gasteiger partial charge in [0.15, 0.2) is 0 Å². The van der Waals surface area contributed by atoms with Crippen LogP contribution in [0.4, 0.5) is 0 Å². The first-order chi connectivity index (χ1) is 6.15. The fourth-order valence-corrected chi connectivity index (χ4v) is 1.89. The lowest BCUT2D eigenvalue weighted by molar-refractivity contribution is -0.115. The van der Waals surface area contributed by atoms with Gasteiger partial charge in [-0.15, -0.1) is 0 Å². The van der Waals surface area contributed by atoms with E-state index in [1.54, 1.807) is 0 Å². The number of carbonyl (C=O) groups excluding carboxylic acids is 1. The summed E-state index contributed by atoms with van der Waals surface area (Å²) in [6.45, 7) is 0. The van der Waals surface area contributed by atoms with Crippen molar-refractivity contribution >= 4 is 55.9 Å². The van der Waals surface area contributed by atoms with Crippen LogP contribution in [-0.4, -0.2) is 11.1 Å². The molecule has 13 heavy (non-hydrogen) atoms. The lowest BCUT2D eigenvalue weighted by Crippen LogP contribution is -2.04. The third-order valence-corrected chi connectivity index (χ3v) is 4.10. The van der Waals surface area contributed by atoms with Gasteiger partial charge in [-0.05, 0) is 34.2 Å². The van der Waals surface area contributed by atoms with Crippen molar-refractivity contribution in [1.29, 1.82) is 0 Å². The first-order valence-corrected chi connectivity index (χ1v) is 6.23. The van der Waals surface area contributed by atoms with Crippen LogP contribution in [-0.2, 0) is 11.2 Å². The summed E-state index contributed by atoms with van der Waals surface area (Å²) in [7, 11) is 0. The fourth-order valence-electron chi connectivity index (χ4n) is 0.945. The van der Waals surface area contributed by atoms with Crippen LogP contribution in [0, 0.1) is 3.57 Å². The van der Waals surface area contributed by atoms with Crippen LogP contribution in [0.5, 0.6) is 0 Å². The van der Waals surface area contributed by atoms with Gasteiger partial charge in [0.05, 0.1) is 10.4 Å². The number of carbonyl (C=O) groups is 1. The molecule has 1 aromatic rings. The molecular formula is C9H7BrClIO. The van der Waals surface area contributed by atoms with Crippen molar-refractivity contribution in [2.75, 3.05) is 5.33 Å². The zero-order valence-electron chi connectivity index (χ0n) is 6.69. The molecule has 0 unspecified atom stereocenters. The Kier molecular flexibility index (Phi) is 4.69. The highest BCUT2D eigenvalue weighted by Crippen LogP contribution is 2.22. The van der Waals surface area contributed by atoms with Crippen molar-refractivity contribution in [2.24, 2.45) is 0 Å². The number of Topliss-reactive ketones (excluding diaryl/α,β-unsaturated/α-hetero) is 1. The molecule has 70 valence electrons. The quantitative estimate of drug-likeness (QED) is 0.586. The minimum absolute atomic E-state index is 0.167. The van der Waals surface area contributed by atoms with Crippen LogP contribution in [0.2, 0.25) is 5.02 Å². The summed E-state index contributed by atoms with van der Waals surface area (Å²) < 4.78 is 0.969. The van der Waals surface area contributed by atoms with Gasteiger partial charge in [0, 0.05) is 9.99 Å². The molecule has 0 fully saturated rings. The van der Waals surface area contributed by atoms with Crippen LogP contribution >= 0.6 is 50.1 Å². The molecule has 0 aliphatic heterocycles. The van der Waals surface area contributed by atoms with E-state index in [2.05, 4.69) is 38.5 Å². The van der Waals surface area contributed by atoms with Crippen molar-refractivity contribution < 1.29 is 4.79 Å². The molecule has 0 heterocycles. The van der Waals surface area contributed by atoms with Gasteiger partial charge in [0.2, 0.25) is 0 Å². The SMILES string of the molecule is O=C(CBr)Cc1cccc(Cl)c1I. The van der Waals surface area contributed by atoms with Crippen molar-refractivity contribution in [1.82, 2.24) is 0 Å². The molecule has 0 aliphatic carbocycles. The third kappa shape index (κ3) is 3.22. The molecule has 0 aliphatic rings. The highest BCUT2D eigenvalue weighted by atomic mass is 127. The molecule has 0 radical (unpaired) electrons. The number of ketones is 1. The van der Waals surface area contributed by atoms with E-state index in [0.29, 0.717) is 16.8 Å². The maximum atomic E-state index is 11.2. The van der Waals surface area contributed by atoms with Gasteiger partial charge < -0.3 is 0 Å². The monoisotopic (exact) mass is 372 g/mol. The van der Waals surface area contributed by atoms with Gasteiger partial charge in [0.25, 0.3) is 0 Å². The van der Waals surface area contributed by atoms with E-state index in [0.717, 1.165) is 9.13 Å². The molecule has 0 saturated carbocycles. The van der Waals surface area contributed by atoms with E-state index >= 15 is 0 Å². The first kappa shape index (κ1) is 11.5. The van der Waals surface area contributed by atoms with Gasteiger partial charge in [-0.25, -0.2) is 0 Å². The van der Waals surface area contributed by atoms with Crippen LogP contribution in [0.25, 0.3) is 0 Å². The van der Waals surface area contributed by atoms with Gasteiger partial charge in [0.1, 0.15) is 5.78 Å². The molecule has 1 nitrogen and oxygen atoms in total. The second kappa shape index (κ2) is 5.32. The Morgan fingerprint density at radius 1 is 1.54 bits per heavy atom. The van der Waals surface area contributed by atoms with Crippen molar-refractivity contribution in [2.45, 2.75) is 6.42 Å². The van der Waals surface area contributed by atoms with E-state index in [1.165, 1.54) is 0 Å². The number of alkyl halides is 1. The zero-order chi connectivity index (χ0) is 9.84. The molecule has 1 rings (SSSR count). The molecule has 1 aromatic carbocycles. The first-order valence-electron chi connectivity index (χ1n) is 3.65. The zero-order valence-corrected chi connectivity index (χ0v) is 11.2. The lowest BCUT2D eigenvalue weighted by atomic mass is 10.1. The number of hydrogen-bond acceptors (Lipinski definition) is 1. The Morgan fingerprint density at radius 3 is 2.85 bits per heavy atom. The lowest BCUT2D eigenvalue weighted by Gasteiger charge is -2.03. The van der Waals surface area contributed by atoms with Gasteiger partial charge in [-0.2, -0.15) is 0 Å². The minimum Gasteiger partial charge on any atom is -0.298 e. The van der Waals surface area contributed by atoms with Crippen molar-refractivity contribution in [3.63, 3.8) is 0 Å². The molecule has 0 N–H and O–H groups in total. The van der Waals surface area contributed by atoms with Crippen molar-refractivity contribution in [3.8, 4) is 0 Å². The predicted molar refractivity (Wildman–Crippen MR) is 66.7 cm³/mol. The summed E-state index contributed by atoms with van der Waals surface area (Å²) in [4.78, 5) is 11.2.